The van der Waals surface area contributed by atoms with Crippen molar-refractivity contribution in [1.82, 2.24) is 0 Å². The molecule has 2 N–H and O–H groups in total. The molecule has 84 valence electrons. The van der Waals surface area contributed by atoms with Gasteiger partial charge in [-0.15, -0.1) is 0 Å². The highest BCUT2D eigenvalue weighted by molar-refractivity contribution is 6.42. The Labute approximate surface area is 102 Å². The van der Waals surface area contributed by atoms with Crippen LogP contribution >= 0.6 is 23.2 Å². The largest absolute Gasteiger partial charge is 0.330 e. The molecule has 0 aliphatic carbocycles. The van der Waals surface area contributed by atoms with Gasteiger partial charge in [-0.2, -0.15) is 0 Å². The van der Waals surface area contributed by atoms with Gasteiger partial charge in [-0.1, -0.05) is 49.2 Å². The van der Waals surface area contributed by atoms with Gasteiger partial charge in [-0.3, -0.25) is 0 Å². The van der Waals surface area contributed by atoms with E-state index in [4.69, 9.17) is 28.9 Å². The first-order chi connectivity index (χ1) is 7.06. The number of hydrogen-bond acceptors (Lipinski definition) is 1. The Kier molecular flexibility index (Phi) is 4.91. The third kappa shape index (κ3) is 3.37. The summed E-state index contributed by atoms with van der Waals surface area (Å²) in [7, 11) is 0. The van der Waals surface area contributed by atoms with E-state index in [-0.39, 0.29) is 0 Å². The van der Waals surface area contributed by atoms with Gasteiger partial charge in [0.2, 0.25) is 0 Å². The lowest BCUT2D eigenvalue weighted by atomic mass is 9.90. The van der Waals surface area contributed by atoms with E-state index in [1.54, 1.807) is 0 Å². The topological polar surface area (TPSA) is 26.0 Å². The molecule has 0 heterocycles. The molecule has 0 fully saturated rings. The molecular weight excluding hydrogens is 229 g/mol. The quantitative estimate of drug-likeness (QED) is 0.859. The van der Waals surface area contributed by atoms with Gasteiger partial charge in [0.25, 0.3) is 0 Å². The molecule has 2 unspecified atom stereocenters. The number of benzene rings is 1. The number of rotatable bonds is 4. The van der Waals surface area contributed by atoms with E-state index in [2.05, 4.69) is 13.8 Å². The van der Waals surface area contributed by atoms with E-state index in [1.807, 2.05) is 18.2 Å². The molecule has 0 saturated carbocycles. The SMILES string of the molecule is CC(CN)C(C)Cc1cccc(Cl)c1Cl. The molecule has 0 aliphatic heterocycles. The van der Waals surface area contributed by atoms with Crippen molar-refractivity contribution >= 4 is 23.2 Å². The first-order valence-corrected chi connectivity index (χ1v) is 5.94. The standard InChI is InChI=1S/C12H17Cl2N/c1-8(9(2)7-15)6-10-4-3-5-11(13)12(10)14/h3-5,8-9H,6-7,15H2,1-2H3. The van der Waals surface area contributed by atoms with Crippen molar-refractivity contribution in [3.63, 3.8) is 0 Å². The zero-order valence-corrected chi connectivity index (χ0v) is 10.6. The van der Waals surface area contributed by atoms with E-state index in [1.165, 1.54) is 0 Å². The fourth-order valence-electron chi connectivity index (χ4n) is 1.49. The Morgan fingerprint density at radius 1 is 1.20 bits per heavy atom. The summed E-state index contributed by atoms with van der Waals surface area (Å²) in [6.45, 7) is 5.05. The van der Waals surface area contributed by atoms with Crippen LogP contribution < -0.4 is 5.73 Å². The van der Waals surface area contributed by atoms with Crippen molar-refractivity contribution in [2.45, 2.75) is 20.3 Å². The molecule has 0 spiro atoms. The second-order valence-corrected chi connectivity index (χ2v) is 4.89. The molecule has 0 radical (unpaired) electrons. The third-order valence-corrected chi connectivity index (χ3v) is 3.77. The molecule has 0 aliphatic rings. The van der Waals surface area contributed by atoms with Gasteiger partial charge in [0.1, 0.15) is 0 Å². The maximum atomic E-state index is 6.12. The molecule has 15 heavy (non-hydrogen) atoms. The highest BCUT2D eigenvalue weighted by Gasteiger charge is 2.13. The van der Waals surface area contributed by atoms with E-state index >= 15 is 0 Å². The van der Waals surface area contributed by atoms with Gasteiger partial charge in [-0.05, 0) is 36.4 Å². The van der Waals surface area contributed by atoms with Crippen LogP contribution in [0.3, 0.4) is 0 Å². The zero-order chi connectivity index (χ0) is 11.4. The highest BCUT2D eigenvalue weighted by atomic mass is 35.5. The molecular formula is C12H17Cl2N. The van der Waals surface area contributed by atoms with Crippen LogP contribution in [0.1, 0.15) is 19.4 Å². The smallest absolute Gasteiger partial charge is 0.0624 e. The molecule has 2 atom stereocenters. The van der Waals surface area contributed by atoms with Crippen molar-refractivity contribution in [3.05, 3.63) is 33.8 Å². The maximum absolute atomic E-state index is 6.12. The lowest BCUT2D eigenvalue weighted by Crippen LogP contribution is -2.20. The van der Waals surface area contributed by atoms with Gasteiger partial charge in [0, 0.05) is 0 Å². The normalized spacial score (nSPS) is 15.0. The summed E-state index contributed by atoms with van der Waals surface area (Å²) >= 11 is 12.1. The average molecular weight is 246 g/mol. The number of halogens is 2. The van der Waals surface area contributed by atoms with Crippen LogP contribution in [0.5, 0.6) is 0 Å². The predicted molar refractivity (Wildman–Crippen MR) is 67.5 cm³/mol. The summed E-state index contributed by atoms with van der Waals surface area (Å²) in [5.41, 5.74) is 6.74. The first-order valence-electron chi connectivity index (χ1n) is 5.19. The van der Waals surface area contributed by atoms with Gasteiger partial charge in [0.15, 0.2) is 0 Å². The Hall–Kier alpha value is -0.240. The average Bonchev–Trinajstić information content (AvgIpc) is 2.23. The molecule has 0 aromatic heterocycles. The third-order valence-electron chi connectivity index (χ3n) is 2.92. The van der Waals surface area contributed by atoms with Gasteiger partial charge in [0.05, 0.1) is 10.0 Å². The summed E-state index contributed by atoms with van der Waals surface area (Å²) in [6, 6.07) is 5.77. The summed E-state index contributed by atoms with van der Waals surface area (Å²) in [5.74, 6) is 1.02. The van der Waals surface area contributed by atoms with Crippen LogP contribution in [0.4, 0.5) is 0 Å². The van der Waals surface area contributed by atoms with Crippen LogP contribution in [0.25, 0.3) is 0 Å². The fraction of sp³-hybridized carbons (Fsp3) is 0.500. The lowest BCUT2D eigenvalue weighted by molar-refractivity contribution is 0.394. The van der Waals surface area contributed by atoms with E-state index in [0.29, 0.717) is 28.4 Å². The van der Waals surface area contributed by atoms with Crippen LogP contribution in [0.2, 0.25) is 10.0 Å². The van der Waals surface area contributed by atoms with Crippen LogP contribution in [-0.2, 0) is 6.42 Å². The number of nitrogens with two attached hydrogens (primary N) is 1. The number of hydrogen-bond donors (Lipinski definition) is 1. The van der Waals surface area contributed by atoms with E-state index in [9.17, 15) is 0 Å². The second-order valence-electron chi connectivity index (χ2n) is 4.11. The molecule has 1 aromatic rings. The van der Waals surface area contributed by atoms with E-state index in [0.717, 1.165) is 12.0 Å². The summed E-state index contributed by atoms with van der Waals surface area (Å²) < 4.78 is 0. The first kappa shape index (κ1) is 12.8. The van der Waals surface area contributed by atoms with Crippen molar-refractivity contribution in [1.29, 1.82) is 0 Å². The summed E-state index contributed by atoms with van der Waals surface area (Å²) in [4.78, 5) is 0. The Bertz CT molecular complexity index is 325. The molecule has 0 bridgehead atoms. The van der Waals surface area contributed by atoms with Gasteiger partial charge in [-0.25, -0.2) is 0 Å². The monoisotopic (exact) mass is 245 g/mol. The minimum absolute atomic E-state index is 0.500. The highest BCUT2D eigenvalue weighted by Crippen LogP contribution is 2.28. The van der Waals surface area contributed by atoms with Crippen molar-refractivity contribution in [2.24, 2.45) is 17.6 Å². The maximum Gasteiger partial charge on any atom is 0.0624 e. The fourth-order valence-corrected chi connectivity index (χ4v) is 1.88. The molecule has 1 rings (SSSR count). The van der Waals surface area contributed by atoms with Crippen molar-refractivity contribution < 1.29 is 0 Å². The summed E-state index contributed by atoms with van der Waals surface area (Å²) in [5, 5.41) is 1.30. The summed E-state index contributed by atoms with van der Waals surface area (Å²) in [6.07, 6.45) is 0.928. The van der Waals surface area contributed by atoms with E-state index < -0.39 is 0 Å². The van der Waals surface area contributed by atoms with Crippen LogP contribution in [-0.4, -0.2) is 6.54 Å². The van der Waals surface area contributed by atoms with Crippen LogP contribution in [0, 0.1) is 11.8 Å². The second kappa shape index (κ2) is 5.74. The molecule has 0 saturated heterocycles. The van der Waals surface area contributed by atoms with Crippen molar-refractivity contribution in [3.8, 4) is 0 Å². The van der Waals surface area contributed by atoms with Crippen LogP contribution in [0.15, 0.2) is 18.2 Å². The molecule has 1 nitrogen and oxygen atoms in total. The molecule has 0 amide bonds. The van der Waals surface area contributed by atoms with Gasteiger partial charge < -0.3 is 5.73 Å². The van der Waals surface area contributed by atoms with Gasteiger partial charge >= 0.3 is 0 Å². The van der Waals surface area contributed by atoms with Crippen molar-refractivity contribution in [2.75, 3.05) is 6.54 Å². The minimum Gasteiger partial charge on any atom is -0.330 e. The zero-order valence-electron chi connectivity index (χ0n) is 9.13. The Morgan fingerprint density at radius 3 is 2.47 bits per heavy atom. The predicted octanol–water partition coefficient (Wildman–Crippen LogP) is 3.77. The minimum atomic E-state index is 0.500. The molecule has 3 heteroatoms. The Morgan fingerprint density at radius 2 is 1.87 bits per heavy atom. The lowest BCUT2D eigenvalue weighted by Gasteiger charge is -2.18. The molecule has 1 aromatic carbocycles. The Balaban J connectivity index is 2.76.